The standard InChI is InChI=1S/C21H21F2N3O2/c1-28-19-11-17-13(12-26(25-17)14-6-3-2-4-7-14)10-18(19)24-21(27)15-8-5-9-16(22)20(15)23/h5,8-12,14H,2-4,6-7H2,1H3,(H,24,27). The third-order valence-electron chi connectivity index (χ3n) is 5.24. The van der Waals surface area contributed by atoms with Gasteiger partial charge in [0.05, 0.1) is 29.9 Å². The SMILES string of the molecule is COc1cc2nn(C3CCCCC3)cc2cc1NC(=O)c1cccc(F)c1F. The first kappa shape index (κ1) is 18.4. The molecule has 0 aliphatic heterocycles. The number of fused-ring (bicyclic) bond motifs is 1. The predicted octanol–water partition coefficient (Wildman–Crippen LogP) is 5.08. The van der Waals surface area contributed by atoms with Crippen LogP contribution in [0, 0.1) is 11.6 Å². The highest BCUT2D eigenvalue weighted by molar-refractivity contribution is 6.06. The number of nitrogens with zero attached hydrogens (tertiary/aromatic N) is 2. The average Bonchev–Trinajstić information content (AvgIpc) is 3.13. The van der Waals surface area contributed by atoms with Crippen molar-refractivity contribution in [1.29, 1.82) is 0 Å². The summed E-state index contributed by atoms with van der Waals surface area (Å²) in [6.45, 7) is 0. The molecule has 0 saturated heterocycles. The zero-order valence-electron chi connectivity index (χ0n) is 15.5. The van der Waals surface area contributed by atoms with E-state index in [1.54, 1.807) is 12.1 Å². The van der Waals surface area contributed by atoms with Crippen LogP contribution in [0.1, 0.15) is 48.5 Å². The number of rotatable bonds is 4. The van der Waals surface area contributed by atoms with E-state index in [9.17, 15) is 13.6 Å². The maximum atomic E-state index is 13.9. The van der Waals surface area contributed by atoms with Crippen LogP contribution in [0.2, 0.25) is 0 Å². The van der Waals surface area contributed by atoms with Gasteiger partial charge in [-0.1, -0.05) is 25.3 Å². The third-order valence-corrected chi connectivity index (χ3v) is 5.24. The molecule has 2 aromatic carbocycles. The number of ether oxygens (including phenoxy) is 1. The first-order valence-electron chi connectivity index (χ1n) is 9.39. The molecule has 1 saturated carbocycles. The number of carbonyl (C=O) groups is 1. The Hall–Kier alpha value is -2.96. The van der Waals surface area contributed by atoms with E-state index < -0.39 is 17.5 Å². The molecule has 0 unspecified atom stereocenters. The normalized spacial score (nSPS) is 15.0. The van der Waals surface area contributed by atoms with Crippen LogP contribution < -0.4 is 10.1 Å². The second-order valence-electron chi connectivity index (χ2n) is 7.07. The summed E-state index contributed by atoms with van der Waals surface area (Å²) in [5.74, 6) is -2.57. The third kappa shape index (κ3) is 3.44. The quantitative estimate of drug-likeness (QED) is 0.681. The Balaban J connectivity index is 1.66. The van der Waals surface area contributed by atoms with Gasteiger partial charge in [0.1, 0.15) is 5.75 Å². The minimum absolute atomic E-state index is 0.361. The Morgan fingerprint density at radius 2 is 2.00 bits per heavy atom. The van der Waals surface area contributed by atoms with Crippen molar-refractivity contribution in [3.05, 3.63) is 53.7 Å². The van der Waals surface area contributed by atoms with Crippen LogP contribution in [-0.4, -0.2) is 22.8 Å². The van der Waals surface area contributed by atoms with Crippen molar-refractivity contribution in [3.63, 3.8) is 0 Å². The molecular formula is C21H21F2N3O2. The fraction of sp³-hybridized carbons (Fsp3) is 0.333. The molecule has 7 heteroatoms. The fourth-order valence-electron chi connectivity index (χ4n) is 3.74. The maximum Gasteiger partial charge on any atom is 0.258 e. The summed E-state index contributed by atoms with van der Waals surface area (Å²) < 4.78 is 34.7. The molecule has 1 aliphatic rings. The van der Waals surface area contributed by atoms with E-state index in [1.165, 1.54) is 38.5 Å². The minimum Gasteiger partial charge on any atom is -0.494 e. The van der Waals surface area contributed by atoms with Gasteiger partial charge in [0.15, 0.2) is 11.6 Å². The van der Waals surface area contributed by atoms with E-state index in [4.69, 9.17) is 4.74 Å². The topological polar surface area (TPSA) is 56.1 Å². The molecule has 0 atom stereocenters. The second kappa shape index (κ2) is 7.58. The molecule has 1 aliphatic carbocycles. The Labute approximate surface area is 161 Å². The number of hydrogen-bond acceptors (Lipinski definition) is 3. The Bertz CT molecular complexity index is 1030. The van der Waals surface area contributed by atoms with Crippen molar-refractivity contribution in [1.82, 2.24) is 9.78 Å². The molecule has 1 N–H and O–H groups in total. The maximum absolute atomic E-state index is 13.9. The summed E-state index contributed by atoms with van der Waals surface area (Å²) in [5, 5.41) is 8.13. The van der Waals surface area contributed by atoms with Gasteiger partial charge < -0.3 is 10.1 Å². The van der Waals surface area contributed by atoms with Gasteiger partial charge in [-0.15, -0.1) is 0 Å². The highest BCUT2D eigenvalue weighted by atomic mass is 19.2. The van der Waals surface area contributed by atoms with Crippen LogP contribution in [-0.2, 0) is 0 Å². The van der Waals surface area contributed by atoms with Crippen molar-refractivity contribution in [2.45, 2.75) is 38.1 Å². The van der Waals surface area contributed by atoms with Gasteiger partial charge in [0.2, 0.25) is 0 Å². The molecule has 28 heavy (non-hydrogen) atoms. The van der Waals surface area contributed by atoms with Crippen LogP contribution in [0.5, 0.6) is 5.75 Å². The van der Waals surface area contributed by atoms with Gasteiger partial charge in [0, 0.05) is 17.6 Å². The van der Waals surface area contributed by atoms with Gasteiger partial charge >= 0.3 is 0 Å². The van der Waals surface area contributed by atoms with Crippen molar-refractivity contribution < 1.29 is 18.3 Å². The monoisotopic (exact) mass is 385 g/mol. The molecule has 0 spiro atoms. The summed E-state index contributed by atoms with van der Waals surface area (Å²) in [5.41, 5.74) is 0.782. The molecule has 0 radical (unpaired) electrons. The summed E-state index contributed by atoms with van der Waals surface area (Å²) in [6, 6.07) is 7.37. The van der Waals surface area contributed by atoms with E-state index in [0.29, 0.717) is 17.5 Å². The minimum atomic E-state index is -1.18. The van der Waals surface area contributed by atoms with Crippen molar-refractivity contribution in [2.75, 3.05) is 12.4 Å². The van der Waals surface area contributed by atoms with Gasteiger partial charge in [-0.05, 0) is 31.0 Å². The number of carbonyl (C=O) groups excluding carboxylic acids is 1. The van der Waals surface area contributed by atoms with Crippen LogP contribution in [0.25, 0.3) is 10.9 Å². The van der Waals surface area contributed by atoms with E-state index in [-0.39, 0.29) is 5.56 Å². The van der Waals surface area contributed by atoms with Gasteiger partial charge in [-0.3, -0.25) is 9.48 Å². The zero-order chi connectivity index (χ0) is 19.7. The number of methoxy groups -OCH3 is 1. The van der Waals surface area contributed by atoms with E-state index in [0.717, 1.165) is 29.8 Å². The summed E-state index contributed by atoms with van der Waals surface area (Å²) in [7, 11) is 1.48. The highest BCUT2D eigenvalue weighted by Crippen LogP contribution is 2.33. The van der Waals surface area contributed by atoms with E-state index >= 15 is 0 Å². The molecule has 0 bridgehead atoms. The largest absolute Gasteiger partial charge is 0.494 e. The molecule has 4 rings (SSSR count). The van der Waals surface area contributed by atoms with E-state index in [1.807, 2.05) is 10.9 Å². The lowest BCUT2D eigenvalue weighted by atomic mass is 9.96. The lowest BCUT2D eigenvalue weighted by Crippen LogP contribution is -2.15. The van der Waals surface area contributed by atoms with Gasteiger partial charge in [-0.25, -0.2) is 8.78 Å². The summed E-state index contributed by atoms with van der Waals surface area (Å²) in [6.07, 6.45) is 7.83. The number of hydrogen-bond donors (Lipinski definition) is 1. The average molecular weight is 385 g/mol. The fourth-order valence-corrected chi connectivity index (χ4v) is 3.74. The molecule has 1 heterocycles. The first-order valence-corrected chi connectivity index (χ1v) is 9.39. The van der Waals surface area contributed by atoms with Crippen LogP contribution >= 0.6 is 0 Å². The molecule has 1 aromatic heterocycles. The number of amides is 1. The van der Waals surface area contributed by atoms with Crippen LogP contribution in [0.3, 0.4) is 0 Å². The van der Waals surface area contributed by atoms with Gasteiger partial charge in [0.25, 0.3) is 5.91 Å². The van der Waals surface area contributed by atoms with Crippen molar-refractivity contribution in [3.8, 4) is 5.75 Å². The first-order chi connectivity index (χ1) is 13.6. The Morgan fingerprint density at radius 1 is 1.21 bits per heavy atom. The highest BCUT2D eigenvalue weighted by Gasteiger charge is 2.20. The molecule has 3 aromatic rings. The van der Waals surface area contributed by atoms with Crippen molar-refractivity contribution in [2.24, 2.45) is 0 Å². The molecule has 1 amide bonds. The van der Waals surface area contributed by atoms with Crippen LogP contribution in [0.15, 0.2) is 36.5 Å². The number of anilines is 1. The Morgan fingerprint density at radius 3 is 2.75 bits per heavy atom. The molecule has 1 fully saturated rings. The Kier molecular flexibility index (Phi) is 4.98. The predicted molar refractivity (Wildman–Crippen MR) is 103 cm³/mol. The molecule has 146 valence electrons. The molecule has 5 nitrogen and oxygen atoms in total. The summed E-state index contributed by atoms with van der Waals surface area (Å²) >= 11 is 0. The van der Waals surface area contributed by atoms with E-state index in [2.05, 4.69) is 10.4 Å². The number of aromatic nitrogens is 2. The summed E-state index contributed by atoms with van der Waals surface area (Å²) in [4.78, 5) is 12.4. The smallest absolute Gasteiger partial charge is 0.258 e. The number of halogens is 2. The van der Waals surface area contributed by atoms with Crippen LogP contribution in [0.4, 0.5) is 14.5 Å². The zero-order valence-corrected chi connectivity index (χ0v) is 15.5. The number of benzene rings is 2. The van der Waals surface area contributed by atoms with Gasteiger partial charge in [-0.2, -0.15) is 5.10 Å². The van der Waals surface area contributed by atoms with Crippen molar-refractivity contribution >= 4 is 22.5 Å². The second-order valence-corrected chi connectivity index (χ2v) is 7.07. The molecular weight excluding hydrogens is 364 g/mol. The number of nitrogens with one attached hydrogen (secondary N) is 1. The lowest BCUT2D eigenvalue weighted by Gasteiger charge is -2.21. The lowest BCUT2D eigenvalue weighted by molar-refractivity contribution is 0.102.